The summed E-state index contributed by atoms with van der Waals surface area (Å²) in [5.41, 5.74) is 0. The predicted octanol–water partition coefficient (Wildman–Crippen LogP) is 0.877. The van der Waals surface area contributed by atoms with Crippen LogP contribution in [0.5, 0.6) is 0 Å². The van der Waals surface area contributed by atoms with E-state index >= 15 is 0 Å². The van der Waals surface area contributed by atoms with Crippen molar-refractivity contribution < 1.29 is 19.4 Å². The maximum Gasteiger partial charge on any atom is 0.323 e. The first-order valence-electron chi connectivity index (χ1n) is 5.70. The van der Waals surface area contributed by atoms with E-state index < -0.39 is 12.1 Å². The van der Waals surface area contributed by atoms with Gasteiger partial charge in [-0.05, 0) is 26.2 Å². The van der Waals surface area contributed by atoms with Crippen LogP contribution in [0.3, 0.4) is 0 Å². The molecule has 0 spiro atoms. The summed E-state index contributed by atoms with van der Waals surface area (Å²) >= 11 is 0. The Morgan fingerprint density at radius 1 is 1.56 bits per heavy atom. The van der Waals surface area contributed by atoms with Crippen molar-refractivity contribution in [3.63, 3.8) is 0 Å². The van der Waals surface area contributed by atoms with E-state index in [0.29, 0.717) is 13.0 Å². The first-order valence-corrected chi connectivity index (χ1v) is 5.70. The van der Waals surface area contributed by atoms with Crippen LogP contribution in [-0.4, -0.2) is 47.2 Å². The molecule has 0 aromatic carbocycles. The Kier molecular flexibility index (Phi) is 4.73. The van der Waals surface area contributed by atoms with Gasteiger partial charge in [0, 0.05) is 12.6 Å². The van der Waals surface area contributed by atoms with Gasteiger partial charge in [0.2, 0.25) is 0 Å². The summed E-state index contributed by atoms with van der Waals surface area (Å²) in [4.78, 5) is 24.1. The van der Waals surface area contributed by atoms with Gasteiger partial charge in [0.15, 0.2) is 0 Å². The molecule has 1 N–H and O–H groups in total. The number of carbonyl (C=O) groups excluding carboxylic acids is 1. The molecular formula is C11H19NO4. The molecule has 2 unspecified atom stereocenters. The van der Waals surface area contributed by atoms with Gasteiger partial charge in [-0.1, -0.05) is 6.92 Å². The van der Waals surface area contributed by atoms with Crippen molar-refractivity contribution in [2.24, 2.45) is 0 Å². The highest BCUT2D eigenvalue weighted by atomic mass is 16.5. The lowest BCUT2D eigenvalue weighted by Crippen LogP contribution is -2.46. The predicted molar refractivity (Wildman–Crippen MR) is 58.1 cm³/mol. The summed E-state index contributed by atoms with van der Waals surface area (Å²) in [5, 5.41) is 8.79. The Balaban J connectivity index is 2.66. The van der Waals surface area contributed by atoms with Crippen LogP contribution < -0.4 is 0 Å². The number of ether oxygens (including phenoxy) is 1. The minimum Gasteiger partial charge on any atom is -0.480 e. The van der Waals surface area contributed by atoms with Crippen molar-refractivity contribution in [2.75, 3.05) is 13.2 Å². The fraction of sp³-hybridized carbons (Fsp3) is 0.818. The number of carbonyl (C=O) groups is 2. The third kappa shape index (κ3) is 3.20. The second-order valence-corrected chi connectivity index (χ2v) is 4.12. The normalized spacial score (nSPS) is 21.8. The fourth-order valence-electron chi connectivity index (χ4n) is 1.77. The van der Waals surface area contributed by atoms with Crippen molar-refractivity contribution >= 4 is 11.9 Å². The average Bonchev–Trinajstić information content (AvgIpc) is 2.77. The number of aliphatic carboxylic acids is 1. The van der Waals surface area contributed by atoms with Crippen LogP contribution in [0.1, 0.15) is 33.1 Å². The van der Waals surface area contributed by atoms with Gasteiger partial charge in [0.25, 0.3) is 5.91 Å². The average molecular weight is 229 g/mol. The van der Waals surface area contributed by atoms with Crippen LogP contribution in [0.25, 0.3) is 0 Å². The first kappa shape index (κ1) is 13.0. The molecule has 1 fully saturated rings. The Hall–Kier alpha value is -1.10. The minimum atomic E-state index is -0.980. The molecule has 1 aliphatic rings. The molecule has 5 nitrogen and oxygen atoms in total. The Morgan fingerprint density at radius 2 is 2.25 bits per heavy atom. The molecule has 92 valence electrons. The van der Waals surface area contributed by atoms with E-state index in [-0.39, 0.29) is 18.5 Å². The van der Waals surface area contributed by atoms with Crippen molar-refractivity contribution in [3.05, 3.63) is 0 Å². The Bertz CT molecular complexity index is 261. The third-order valence-electron chi connectivity index (χ3n) is 2.92. The van der Waals surface area contributed by atoms with Gasteiger partial charge in [-0.2, -0.15) is 0 Å². The van der Waals surface area contributed by atoms with Crippen molar-refractivity contribution in [1.82, 2.24) is 4.90 Å². The topological polar surface area (TPSA) is 66.8 Å². The number of carboxylic acids is 1. The molecule has 16 heavy (non-hydrogen) atoms. The highest BCUT2D eigenvalue weighted by Gasteiger charge is 2.31. The third-order valence-corrected chi connectivity index (χ3v) is 2.92. The summed E-state index contributed by atoms with van der Waals surface area (Å²) in [7, 11) is 0. The molecule has 0 bridgehead atoms. The standard InChI is InChI=1S/C11H19NO4/c1-3-8(2)12(7-10(13)14)11(15)9-5-4-6-16-9/h8-9H,3-7H2,1-2H3,(H,13,14). The highest BCUT2D eigenvalue weighted by Crippen LogP contribution is 2.17. The first-order chi connectivity index (χ1) is 7.56. The number of hydrogen-bond acceptors (Lipinski definition) is 3. The Morgan fingerprint density at radius 3 is 2.69 bits per heavy atom. The molecule has 0 radical (unpaired) electrons. The van der Waals surface area contributed by atoms with Gasteiger partial charge >= 0.3 is 5.97 Å². The molecule has 2 atom stereocenters. The van der Waals surface area contributed by atoms with Crippen molar-refractivity contribution in [3.8, 4) is 0 Å². The van der Waals surface area contributed by atoms with Gasteiger partial charge in [-0.3, -0.25) is 9.59 Å². The number of hydrogen-bond donors (Lipinski definition) is 1. The summed E-state index contributed by atoms with van der Waals surface area (Å²) in [6.45, 7) is 4.14. The number of carboxylic acid groups (broad SMARTS) is 1. The van der Waals surface area contributed by atoms with E-state index in [1.54, 1.807) is 0 Å². The summed E-state index contributed by atoms with van der Waals surface area (Å²) in [6.07, 6.45) is 1.88. The maximum atomic E-state index is 12.0. The maximum absolute atomic E-state index is 12.0. The van der Waals surface area contributed by atoms with Crippen molar-refractivity contribution in [2.45, 2.75) is 45.3 Å². The zero-order chi connectivity index (χ0) is 12.1. The monoisotopic (exact) mass is 229 g/mol. The molecule has 0 aliphatic carbocycles. The number of amides is 1. The van der Waals surface area contributed by atoms with Crippen LogP contribution in [0.2, 0.25) is 0 Å². The second kappa shape index (κ2) is 5.84. The molecule has 1 rings (SSSR count). The van der Waals surface area contributed by atoms with Gasteiger partial charge in [-0.25, -0.2) is 0 Å². The van der Waals surface area contributed by atoms with E-state index in [0.717, 1.165) is 12.8 Å². The SMILES string of the molecule is CCC(C)N(CC(=O)O)C(=O)C1CCCO1. The molecule has 1 saturated heterocycles. The smallest absolute Gasteiger partial charge is 0.323 e. The van der Waals surface area contributed by atoms with E-state index in [9.17, 15) is 9.59 Å². The van der Waals surface area contributed by atoms with E-state index in [2.05, 4.69) is 0 Å². The molecule has 0 aromatic rings. The molecule has 0 saturated carbocycles. The lowest BCUT2D eigenvalue weighted by molar-refractivity contribution is -0.151. The molecular weight excluding hydrogens is 210 g/mol. The molecule has 5 heteroatoms. The van der Waals surface area contributed by atoms with Gasteiger partial charge < -0.3 is 14.7 Å². The largest absolute Gasteiger partial charge is 0.480 e. The van der Waals surface area contributed by atoms with Crippen LogP contribution in [0.15, 0.2) is 0 Å². The van der Waals surface area contributed by atoms with Crippen LogP contribution in [-0.2, 0) is 14.3 Å². The Labute approximate surface area is 95.4 Å². The summed E-state index contributed by atoms with van der Waals surface area (Å²) in [5.74, 6) is -1.17. The molecule has 1 aliphatic heterocycles. The summed E-state index contributed by atoms with van der Waals surface area (Å²) in [6, 6.07) is -0.0622. The van der Waals surface area contributed by atoms with Crippen LogP contribution >= 0.6 is 0 Å². The quantitative estimate of drug-likeness (QED) is 0.759. The zero-order valence-electron chi connectivity index (χ0n) is 9.81. The lowest BCUT2D eigenvalue weighted by Gasteiger charge is -2.29. The second-order valence-electron chi connectivity index (χ2n) is 4.12. The van der Waals surface area contributed by atoms with Crippen LogP contribution in [0.4, 0.5) is 0 Å². The zero-order valence-corrected chi connectivity index (χ0v) is 9.81. The van der Waals surface area contributed by atoms with Crippen LogP contribution in [0, 0.1) is 0 Å². The minimum absolute atomic E-state index is 0.0622. The van der Waals surface area contributed by atoms with E-state index in [1.807, 2.05) is 13.8 Å². The highest BCUT2D eigenvalue weighted by molar-refractivity contribution is 5.85. The van der Waals surface area contributed by atoms with Crippen molar-refractivity contribution in [1.29, 1.82) is 0 Å². The van der Waals surface area contributed by atoms with Gasteiger partial charge in [0.05, 0.1) is 0 Å². The summed E-state index contributed by atoms with van der Waals surface area (Å²) < 4.78 is 5.29. The van der Waals surface area contributed by atoms with E-state index in [4.69, 9.17) is 9.84 Å². The fourth-order valence-corrected chi connectivity index (χ4v) is 1.77. The number of nitrogens with zero attached hydrogens (tertiary/aromatic N) is 1. The molecule has 1 amide bonds. The van der Waals surface area contributed by atoms with E-state index in [1.165, 1.54) is 4.90 Å². The lowest BCUT2D eigenvalue weighted by atomic mass is 10.1. The molecule has 0 aromatic heterocycles. The molecule has 1 heterocycles. The number of rotatable bonds is 5. The van der Waals surface area contributed by atoms with Gasteiger partial charge in [0.1, 0.15) is 12.6 Å². The van der Waals surface area contributed by atoms with Gasteiger partial charge in [-0.15, -0.1) is 0 Å².